The van der Waals surface area contributed by atoms with Crippen LogP contribution in [0.5, 0.6) is 0 Å². The molecule has 174 valence electrons. The van der Waals surface area contributed by atoms with E-state index in [2.05, 4.69) is 104 Å². The van der Waals surface area contributed by atoms with Crippen LogP contribution in [-0.2, 0) is 12.0 Å². The van der Waals surface area contributed by atoms with Gasteiger partial charge in [0.15, 0.2) is 0 Å². The van der Waals surface area contributed by atoms with E-state index in [9.17, 15) is 5.11 Å². The van der Waals surface area contributed by atoms with Gasteiger partial charge in [0.25, 0.3) is 0 Å². The van der Waals surface area contributed by atoms with Crippen molar-refractivity contribution < 1.29 is 5.11 Å². The molecule has 1 unspecified atom stereocenters. The molecule has 5 rings (SSSR count). The summed E-state index contributed by atoms with van der Waals surface area (Å²) < 4.78 is 3.06. The van der Waals surface area contributed by atoms with Gasteiger partial charge in [-0.2, -0.15) is 0 Å². The first kappa shape index (κ1) is 23.2. The van der Waals surface area contributed by atoms with E-state index in [4.69, 9.17) is 4.98 Å². The SMILES string of the molecule is OC(CCc1cn(C(c2ccccc2)(c2ccccc2)c2ccccc2)cn1)c1cncc(Br)c1. The van der Waals surface area contributed by atoms with E-state index in [0.717, 1.165) is 32.4 Å². The lowest BCUT2D eigenvalue weighted by Crippen LogP contribution is -2.36. The van der Waals surface area contributed by atoms with Crippen molar-refractivity contribution in [3.05, 3.63) is 154 Å². The summed E-state index contributed by atoms with van der Waals surface area (Å²) in [7, 11) is 0. The van der Waals surface area contributed by atoms with Gasteiger partial charge in [-0.25, -0.2) is 4.98 Å². The maximum absolute atomic E-state index is 10.7. The highest BCUT2D eigenvalue weighted by atomic mass is 79.9. The molecule has 0 amide bonds. The fourth-order valence-electron chi connectivity index (χ4n) is 4.72. The zero-order valence-corrected chi connectivity index (χ0v) is 20.8. The number of hydrogen-bond acceptors (Lipinski definition) is 3. The van der Waals surface area contributed by atoms with Crippen molar-refractivity contribution in [1.29, 1.82) is 0 Å². The number of rotatable bonds is 8. The molecular weight excluding hydrogens is 498 g/mol. The molecule has 0 fully saturated rings. The fraction of sp³-hybridized carbons (Fsp3) is 0.133. The van der Waals surface area contributed by atoms with Crippen molar-refractivity contribution in [3.63, 3.8) is 0 Å². The van der Waals surface area contributed by atoms with Crippen LogP contribution < -0.4 is 0 Å². The second-order valence-electron chi connectivity index (χ2n) is 8.57. The zero-order valence-electron chi connectivity index (χ0n) is 19.2. The van der Waals surface area contributed by atoms with E-state index < -0.39 is 11.6 Å². The minimum atomic E-state index is -0.604. The third-order valence-corrected chi connectivity index (χ3v) is 6.82. The van der Waals surface area contributed by atoms with Crippen LogP contribution in [0.2, 0.25) is 0 Å². The molecule has 0 aliphatic heterocycles. The summed E-state index contributed by atoms with van der Waals surface area (Å²) >= 11 is 3.43. The molecule has 0 aliphatic rings. The van der Waals surface area contributed by atoms with Crippen molar-refractivity contribution >= 4 is 15.9 Å². The van der Waals surface area contributed by atoms with Crippen LogP contribution in [-0.4, -0.2) is 19.6 Å². The first-order valence-electron chi connectivity index (χ1n) is 11.7. The number of pyridine rings is 1. The predicted molar refractivity (Wildman–Crippen MR) is 142 cm³/mol. The summed E-state index contributed by atoms with van der Waals surface area (Å²) in [4.78, 5) is 8.94. The minimum absolute atomic E-state index is 0.560. The second-order valence-corrected chi connectivity index (χ2v) is 9.49. The highest BCUT2D eigenvalue weighted by molar-refractivity contribution is 9.10. The van der Waals surface area contributed by atoms with E-state index in [0.29, 0.717) is 12.8 Å². The van der Waals surface area contributed by atoms with Gasteiger partial charge in [0, 0.05) is 23.1 Å². The zero-order chi connectivity index (χ0) is 24.1. The summed E-state index contributed by atoms with van der Waals surface area (Å²) in [5, 5.41) is 10.7. The number of aryl methyl sites for hydroxylation is 1. The Hall–Kier alpha value is -3.54. The number of hydrogen-bond donors (Lipinski definition) is 1. The van der Waals surface area contributed by atoms with Crippen LogP contribution in [0.4, 0.5) is 0 Å². The molecule has 0 aliphatic carbocycles. The summed E-state index contributed by atoms with van der Waals surface area (Å²) in [5.41, 5.74) is 4.61. The Morgan fingerprint density at radius 3 is 1.86 bits per heavy atom. The highest BCUT2D eigenvalue weighted by Crippen LogP contribution is 2.40. The minimum Gasteiger partial charge on any atom is -0.388 e. The van der Waals surface area contributed by atoms with Crippen molar-refractivity contribution in [2.75, 3.05) is 0 Å². The molecule has 0 saturated heterocycles. The smallest absolute Gasteiger partial charge is 0.121 e. The Morgan fingerprint density at radius 2 is 1.34 bits per heavy atom. The molecule has 4 nitrogen and oxygen atoms in total. The fourth-order valence-corrected chi connectivity index (χ4v) is 5.11. The van der Waals surface area contributed by atoms with Crippen LogP contribution in [0.3, 0.4) is 0 Å². The average molecular weight is 524 g/mol. The molecule has 1 N–H and O–H groups in total. The van der Waals surface area contributed by atoms with Gasteiger partial charge < -0.3 is 9.67 Å². The molecule has 0 bridgehead atoms. The first-order valence-corrected chi connectivity index (χ1v) is 12.5. The number of benzene rings is 3. The third-order valence-electron chi connectivity index (χ3n) is 6.38. The van der Waals surface area contributed by atoms with Gasteiger partial charge in [-0.1, -0.05) is 91.0 Å². The lowest BCUT2D eigenvalue weighted by atomic mass is 9.77. The van der Waals surface area contributed by atoms with E-state index >= 15 is 0 Å². The highest BCUT2D eigenvalue weighted by Gasteiger charge is 2.38. The Kier molecular flexibility index (Phi) is 6.89. The van der Waals surface area contributed by atoms with E-state index in [1.165, 1.54) is 0 Å². The average Bonchev–Trinajstić information content (AvgIpc) is 3.39. The molecule has 2 aromatic heterocycles. The third kappa shape index (κ3) is 4.70. The maximum Gasteiger partial charge on any atom is 0.121 e. The summed E-state index contributed by atoms with van der Waals surface area (Å²) in [5.74, 6) is 0. The Bertz CT molecular complexity index is 1270. The Balaban J connectivity index is 1.56. The number of aliphatic hydroxyl groups is 1. The van der Waals surface area contributed by atoms with E-state index in [1.54, 1.807) is 12.4 Å². The number of halogens is 1. The van der Waals surface area contributed by atoms with Crippen LogP contribution in [0.15, 0.2) is 126 Å². The normalized spacial score (nSPS) is 12.4. The Labute approximate surface area is 214 Å². The molecule has 1 atom stereocenters. The van der Waals surface area contributed by atoms with Gasteiger partial charge in [0.05, 0.1) is 18.1 Å². The molecule has 0 spiro atoms. The second kappa shape index (κ2) is 10.4. The van der Waals surface area contributed by atoms with Crippen LogP contribution >= 0.6 is 15.9 Å². The van der Waals surface area contributed by atoms with Gasteiger partial charge in [0.1, 0.15) is 5.54 Å². The standard InChI is InChI=1S/C30H26BrN3O/c31-27-18-23(19-32-20-27)29(35)17-16-28-21-34(22-33-28)30(24-10-4-1-5-11-24,25-12-6-2-7-13-25)26-14-8-3-9-15-26/h1-15,18-22,29,35H,16-17H2. The van der Waals surface area contributed by atoms with Gasteiger partial charge >= 0.3 is 0 Å². The molecule has 0 radical (unpaired) electrons. The van der Waals surface area contributed by atoms with Gasteiger partial charge in [0.2, 0.25) is 0 Å². The molecule has 5 aromatic rings. The van der Waals surface area contributed by atoms with Gasteiger partial charge in [-0.3, -0.25) is 4.98 Å². The lowest BCUT2D eigenvalue weighted by Gasteiger charge is -2.37. The molecule has 2 heterocycles. The Morgan fingerprint density at radius 1 is 0.800 bits per heavy atom. The number of imidazole rings is 1. The first-order chi connectivity index (χ1) is 17.2. The largest absolute Gasteiger partial charge is 0.388 e. The van der Waals surface area contributed by atoms with Crippen molar-refractivity contribution in [2.24, 2.45) is 0 Å². The van der Waals surface area contributed by atoms with Crippen molar-refractivity contribution in [1.82, 2.24) is 14.5 Å². The number of aliphatic hydroxyl groups excluding tert-OH is 1. The van der Waals surface area contributed by atoms with Crippen LogP contribution in [0.1, 0.15) is 40.5 Å². The van der Waals surface area contributed by atoms with Gasteiger partial charge in [-0.05, 0) is 57.1 Å². The molecule has 5 heteroatoms. The van der Waals surface area contributed by atoms with Crippen molar-refractivity contribution in [2.45, 2.75) is 24.5 Å². The maximum atomic E-state index is 10.7. The van der Waals surface area contributed by atoms with E-state index in [-0.39, 0.29) is 0 Å². The summed E-state index contributed by atoms with van der Waals surface area (Å²) in [6.45, 7) is 0. The van der Waals surface area contributed by atoms with Crippen LogP contribution in [0.25, 0.3) is 0 Å². The number of aromatic nitrogens is 3. The summed E-state index contributed by atoms with van der Waals surface area (Å²) in [6.07, 6.45) is 8.05. The summed E-state index contributed by atoms with van der Waals surface area (Å²) in [6, 6.07) is 33.5. The molecule has 0 saturated carbocycles. The van der Waals surface area contributed by atoms with Crippen LogP contribution in [0, 0.1) is 0 Å². The molecule has 3 aromatic carbocycles. The quantitative estimate of drug-likeness (QED) is 0.234. The lowest BCUT2D eigenvalue weighted by molar-refractivity contribution is 0.167. The van der Waals surface area contributed by atoms with Gasteiger partial charge in [-0.15, -0.1) is 0 Å². The monoisotopic (exact) mass is 523 g/mol. The topological polar surface area (TPSA) is 50.9 Å². The predicted octanol–water partition coefficient (Wildman–Crippen LogP) is 6.55. The molecule has 35 heavy (non-hydrogen) atoms. The van der Waals surface area contributed by atoms with Crippen molar-refractivity contribution in [3.8, 4) is 0 Å². The molecular formula is C30H26BrN3O. The number of nitrogens with zero attached hydrogens (tertiary/aromatic N) is 3. The van der Waals surface area contributed by atoms with E-state index in [1.807, 2.05) is 30.6 Å².